The molecule has 2 rings (SSSR count). The minimum absolute atomic E-state index is 0.0216. The number of hydrogen-bond donors (Lipinski definition) is 1. The molecule has 0 radical (unpaired) electrons. The van der Waals surface area contributed by atoms with Crippen LogP contribution >= 0.6 is 0 Å². The third-order valence-corrected chi connectivity index (χ3v) is 3.31. The van der Waals surface area contributed by atoms with Crippen LogP contribution < -0.4 is 9.47 Å². The Morgan fingerprint density at radius 1 is 1.32 bits per heavy atom. The molecule has 1 unspecified atom stereocenters. The number of rotatable bonds is 5. The van der Waals surface area contributed by atoms with Gasteiger partial charge in [0, 0.05) is 6.54 Å². The zero-order valence-corrected chi connectivity index (χ0v) is 12.5. The number of carbonyl (C=O) groups excluding carboxylic acids is 1. The normalized spacial score (nSPS) is 21.3. The lowest BCUT2D eigenvalue weighted by Crippen LogP contribution is -2.52. The predicted octanol–water partition coefficient (Wildman–Crippen LogP) is 0.775. The Kier molecular flexibility index (Phi) is 5.21. The van der Waals surface area contributed by atoms with Crippen molar-refractivity contribution in [3.63, 3.8) is 0 Å². The fourth-order valence-corrected chi connectivity index (χ4v) is 2.26. The summed E-state index contributed by atoms with van der Waals surface area (Å²) in [7, 11) is 1.52. The minimum atomic E-state index is -1.07. The van der Waals surface area contributed by atoms with Gasteiger partial charge in [-0.3, -0.25) is 4.79 Å². The van der Waals surface area contributed by atoms with Crippen molar-refractivity contribution >= 4 is 11.9 Å². The van der Waals surface area contributed by atoms with Gasteiger partial charge in [0.2, 0.25) is 0 Å². The van der Waals surface area contributed by atoms with Gasteiger partial charge in [-0.25, -0.2) is 4.79 Å². The summed E-state index contributed by atoms with van der Waals surface area (Å²) >= 11 is 0. The highest BCUT2D eigenvalue weighted by Crippen LogP contribution is 2.25. The van der Waals surface area contributed by atoms with Crippen LogP contribution in [-0.4, -0.2) is 60.9 Å². The Hall–Kier alpha value is -2.28. The van der Waals surface area contributed by atoms with E-state index in [1.54, 1.807) is 31.2 Å². The van der Waals surface area contributed by atoms with Gasteiger partial charge in [0.1, 0.15) is 0 Å². The molecule has 1 saturated heterocycles. The van der Waals surface area contributed by atoms with Gasteiger partial charge in [-0.1, -0.05) is 12.1 Å². The van der Waals surface area contributed by atoms with Crippen LogP contribution in [0.4, 0.5) is 0 Å². The second-order valence-electron chi connectivity index (χ2n) is 5.01. The van der Waals surface area contributed by atoms with Crippen LogP contribution in [0.25, 0.3) is 0 Å². The number of hydrogen-bond acceptors (Lipinski definition) is 5. The number of benzene rings is 1. The van der Waals surface area contributed by atoms with Gasteiger partial charge < -0.3 is 24.2 Å². The zero-order valence-electron chi connectivity index (χ0n) is 12.5. The molecule has 1 amide bonds. The molecule has 0 spiro atoms. The van der Waals surface area contributed by atoms with E-state index in [1.807, 2.05) is 0 Å². The van der Waals surface area contributed by atoms with Crippen molar-refractivity contribution in [2.45, 2.75) is 19.1 Å². The third kappa shape index (κ3) is 3.88. The molecule has 0 aliphatic carbocycles. The van der Waals surface area contributed by atoms with Crippen LogP contribution in [0.2, 0.25) is 0 Å². The third-order valence-electron chi connectivity index (χ3n) is 3.31. The molecule has 7 nitrogen and oxygen atoms in total. The summed E-state index contributed by atoms with van der Waals surface area (Å²) in [5, 5.41) is 9.02. The van der Waals surface area contributed by atoms with Crippen molar-refractivity contribution in [2.24, 2.45) is 0 Å². The maximum atomic E-state index is 12.2. The highest BCUT2D eigenvalue weighted by molar-refractivity contribution is 5.80. The number of carboxylic acids is 1. The number of carbonyl (C=O) groups is 2. The lowest BCUT2D eigenvalue weighted by Gasteiger charge is -2.34. The molecule has 0 bridgehead atoms. The molecule has 120 valence electrons. The first kappa shape index (κ1) is 16.1. The molecule has 22 heavy (non-hydrogen) atoms. The standard InChI is InChI=1S/C15H19NO6/c1-10-7-16(8-13(22-10)15(18)19)14(17)9-21-12-6-4-3-5-11(12)20-2/h3-6,10,13H,7-9H2,1-2H3,(H,18,19)/t10-,13?/m1/s1. The number of methoxy groups -OCH3 is 1. The highest BCUT2D eigenvalue weighted by atomic mass is 16.5. The largest absolute Gasteiger partial charge is 0.493 e. The van der Waals surface area contributed by atoms with Crippen LogP contribution in [0.15, 0.2) is 24.3 Å². The minimum Gasteiger partial charge on any atom is -0.493 e. The van der Waals surface area contributed by atoms with Gasteiger partial charge in [-0.15, -0.1) is 0 Å². The topological polar surface area (TPSA) is 85.3 Å². The van der Waals surface area contributed by atoms with Gasteiger partial charge >= 0.3 is 5.97 Å². The van der Waals surface area contributed by atoms with E-state index < -0.39 is 12.1 Å². The van der Waals surface area contributed by atoms with Gasteiger partial charge in [-0.2, -0.15) is 0 Å². The number of aliphatic carboxylic acids is 1. The number of nitrogens with zero attached hydrogens (tertiary/aromatic N) is 1. The van der Waals surface area contributed by atoms with E-state index in [1.165, 1.54) is 12.0 Å². The summed E-state index contributed by atoms with van der Waals surface area (Å²) in [5.41, 5.74) is 0. The Labute approximate surface area is 128 Å². The summed E-state index contributed by atoms with van der Waals surface area (Å²) in [6, 6.07) is 7.01. The number of morpholine rings is 1. The average Bonchev–Trinajstić information content (AvgIpc) is 2.52. The Morgan fingerprint density at radius 3 is 2.64 bits per heavy atom. The molecule has 1 heterocycles. The van der Waals surface area contributed by atoms with Gasteiger partial charge in [0.05, 0.1) is 19.8 Å². The second-order valence-corrected chi connectivity index (χ2v) is 5.01. The zero-order chi connectivity index (χ0) is 16.1. The lowest BCUT2D eigenvalue weighted by molar-refractivity contribution is -0.167. The Morgan fingerprint density at radius 2 is 2.00 bits per heavy atom. The predicted molar refractivity (Wildman–Crippen MR) is 77.0 cm³/mol. The average molecular weight is 309 g/mol. The molecule has 2 atom stereocenters. The maximum absolute atomic E-state index is 12.2. The van der Waals surface area contributed by atoms with Gasteiger partial charge in [0.25, 0.3) is 5.91 Å². The van der Waals surface area contributed by atoms with Crippen molar-refractivity contribution in [1.82, 2.24) is 4.90 Å². The molecule has 1 fully saturated rings. The monoisotopic (exact) mass is 309 g/mol. The molecule has 1 aliphatic heterocycles. The Bertz CT molecular complexity index is 547. The second kappa shape index (κ2) is 7.13. The maximum Gasteiger partial charge on any atom is 0.334 e. The van der Waals surface area contributed by atoms with Crippen molar-refractivity contribution in [1.29, 1.82) is 0 Å². The van der Waals surface area contributed by atoms with Gasteiger partial charge in [-0.05, 0) is 19.1 Å². The summed E-state index contributed by atoms with van der Waals surface area (Å²) in [5.74, 6) is -0.356. The van der Waals surface area contributed by atoms with Crippen LogP contribution in [0, 0.1) is 0 Å². The molecule has 0 saturated carbocycles. The van der Waals surface area contributed by atoms with Crippen LogP contribution in [0.5, 0.6) is 11.5 Å². The van der Waals surface area contributed by atoms with Crippen LogP contribution in [-0.2, 0) is 14.3 Å². The molecule has 1 aliphatic rings. The van der Waals surface area contributed by atoms with E-state index in [-0.39, 0.29) is 25.2 Å². The van der Waals surface area contributed by atoms with Crippen LogP contribution in [0.1, 0.15) is 6.92 Å². The summed E-state index contributed by atoms with van der Waals surface area (Å²) in [4.78, 5) is 24.7. The molecule has 1 N–H and O–H groups in total. The quantitative estimate of drug-likeness (QED) is 0.865. The molecule has 1 aromatic carbocycles. The number of ether oxygens (including phenoxy) is 3. The summed E-state index contributed by atoms with van der Waals surface area (Å²) < 4.78 is 15.9. The fraction of sp³-hybridized carbons (Fsp3) is 0.467. The van der Waals surface area contributed by atoms with Crippen molar-refractivity contribution in [2.75, 3.05) is 26.8 Å². The summed E-state index contributed by atoms with van der Waals surface area (Å²) in [6.45, 7) is 1.92. The first-order chi connectivity index (χ1) is 10.5. The SMILES string of the molecule is COc1ccccc1OCC(=O)N1CC(C(=O)O)O[C@H](C)C1. The van der Waals surface area contributed by atoms with E-state index in [0.717, 1.165) is 0 Å². The highest BCUT2D eigenvalue weighted by Gasteiger charge is 2.32. The number of para-hydroxylation sites is 2. The fourth-order valence-electron chi connectivity index (χ4n) is 2.26. The van der Waals surface area contributed by atoms with Crippen molar-refractivity contribution < 1.29 is 28.9 Å². The first-order valence-electron chi connectivity index (χ1n) is 6.93. The molecule has 7 heteroatoms. The van der Waals surface area contributed by atoms with Crippen LogP contribution in [0.3, 0.4) is 0 Å². The molecular formula is C15H19NO6. The smallest absolute Gasteiger partial charge is 0.334 e. The van der Waals surface area contributed by atoms with E-state index in [2.05, 4.69) is 0 Å². The van der Waals surface area contributed by atoms with Gasteiger partial charge in [0.15, 0.2) is 24.2 Å². The van der Waals surface area contributed by atoms with Crippen molar-refractivity contribution in [3.05, 3.63) is 24.3 Å². The molecule has 1 aromatic rings. The summed E-state index contributed by atoms with van der Waals surface area (Å²) in [6.07, 6.45) is -1.33. The molecule has 0 aromatic heterocycles. The number of amides is 1. The Balaban J connectivity index is 1.95. The van der Waals surface area contributed by atoms with E-state index >= 15 is 0 Å². The lowest BCUT2D eigenvalue weighted by atomic mass is 10.2. The first-order valence-corrected chi connectivity index (χ1v) is 6.93. The van der Waals surface area contributed by atoms with E-state index in [0.29, 0.717) is 18.0 Å². The molecular weight excluding hydrogens is 290 g/mol. The van der Waals surface area contributed by atoms with Crippen molar-refractivity contribution in [3.8, 4) is 11.5 Å². The van der Waals surface area contributed by atoms with E-state index in [9.17, 15) is 9.59 Å². The number of carboxylic acid groups (broad SMARTS) is 1. The van der Waals surface area contributed by atoms with E-state index in [4.69, 9.17) is 19.3 Å².